The summed E-state index contributed by atoms with van der Waals surface area (Å²) in [6.45, 7) is 0.875. The van der Waals surface area contributed by atoms with Gasteiger partial charge in [-0.3, -0.25) is 9.59 Å². The van der Waals surface area contributed by atoms with Gasteiger partial charge in [-0.05, 0) is 68.2 Å². The molecule has 0 aliphatic rings. The lowest BCUT2D eigenvalue weighted by Gasteiger charge is -2.12. The van der Waals surface area contributed by atoms with E-state index in [1.165, 1.54) is 23.0 Å². The highest BCUT2D eigenvalue weighted by molar-refractivity contribution is 6.34. The van der Waals surface area contributed by atoms with E-state index in [1.807, 2.05) is 19.0 Å². The summed E-state index contributed by atoms with van der Waals surface area (Å²) in [5.74, 6) is -0.554. The maximum absolute atomic E-state index is 13.1. The van der Waals surface area contributed by atoms with E-state index in [0.717, 1.165) is 12.1 Å². The summed E-state index contributed by atoms with van der Waals surface area (Å²) in [4.78, 5) is 27.1. The molecule has 0 aliphatic heterocycles. The van der Waals surface area contributed by atoms with Crippen LogP contribution in [0, 0.1) is 0 Å². The summed E-state index contributed by atoms with van der Waals surface area (Å²) in [6.07, 6.45) is -2.54. The largest absolute Gasteiger partial charge is 0.416 e. The van der Waals surface area contributed by atoms with Crippen LogP contribution < -0.4 is 10.6 Å². The van der Waals surface area contributed by atoms with Crippen molar-refractivity contribution in [1.29, 1.82) is 0 Å². The molecule has 38 heavy (non-hydrogen) atoms. The van der Waals surface area contributed by atoms with E-state index >= 15 is 0 Å². The highest BCUT2D eigenvalue weighted by atomic mass is 35.5. The fourth-order valence-corrected chi connectivity index (χ4v) is 4.02. The molecule has 0 saturated heterocycles. The average Bonchev–Trinajstić information content (AvgIpc) is 3.31. The third-order valence-electron chi connectivity index (χ3n) is 5.85. The van der Waals surface area contributed by atoms with Crippen LogP contribution in [0.1, 0.15) is 27.9 Å². The summed E-state index contributed by atoms with van der Waals surface area (Å²) < 4.78 is 40.3. The van der Waals surface area contributed by atoms with Gasteiger partial charge in [-0.25, -0.2) is 4.68 Å². The van der Waals surface area contributed by atoms with Crippen molar-refractivity contribution in [3.63, 3.8) is 0 Å². The number of alkyl halides is 3. The van der Waals surface area contributed by atoms with Crippen LogP contribution in [0.15, 0.2) is 66.9 Å². The summed E-state index contributed by atoms with van der Waals surface area (Å²) in [6, 6.07) is 14.8. The van der Waals surface area contributed by atoms with Crippen molar-refractivity contribution in [2.75, 3.05) is 26.0 Å². The second-order valence-corrected chi connectivity index (χ2v) is 9.34. The maximum atomic E-state index is 13.1. The molecular formula is C27H25ClF3N5O2. The van der Waals surface area contributed by atoms with Gasteiger partial charge in [-0.2, -0.15) is 18.3 Å². The number of hydrogen-bond acceptors (Lipinski definition) is 4. The Labute approximate surface area is 222 Å². The van der Waals surface area contributed by atoms with Gasteiger partial charge < -0.3 is 15.5 Å². The number of hydrogen-bond donors (Lipinski definition) is 2. The SMILES string of the molecule is CN(C)CCC(=O)NCc1ccc(Cl)c(C(=O)Nc2cccc3c2cnn3-c2ccc(C(F)(F)F)cc2)c1. The van der Waals surface area contributed by atoms with Crippen molar-refractivity contribution in [2.24, 2.45) is 0 Å². The predicted molar refractivity (Wildman–Crippen MR) is 140 cm³/mol. The third kappa shape index (κ3) is 6.32. The number of carbonyl (C=O) groups is 2. The van der Waals surface area contributed by atoms with Crippen molar-refractivity contribution in [1.82, 2.24) is 20.0 Å². The first kappa shape index (κ1) is 27.2. The molecule has 0 unspecified atom stereocenters. The minimum atomic E-state index is -4.43. The first-order valence-corrected chi connectivity index (χ1v) is 12.1. The average molecular weight is 544 g/mol. The molecule has 1 aromatic heterocycles. The van der Waals surface area contributed by atoms with Gasteiger partial charge in [0.25, 0.3) is 5.91 Å². The second-order valence-electron chi connectivity index (χ2n) is 8.94. The van der Waals surface area contributed by atoms with E-state index in [4.69, 9.17) is 11.6 Å². The third-order valence-corrected chi connectivity index (χ3v) is 6.18. The molecule has 0 radical (unpaired) electrons. The molecule has 0 atom stereocenters. The molecule has 1 heterocycles. The molecule has 0 fully saturated rings. The molecule has 0 bridgehead atoms. The Morgan fingerprint density at radius 1 is 1.05 bits per heavy atom. The van der Waals surface area contributed by atoms with E-state index < -0.39 is 17.6 Å². The number of rotatable bonds is 8. The monoisotopic (exact) mass is 543 g/mol. The Morgan fingerprint density at radius 3 is 2.47 bits per heavy atom. The van der Waals surface area contributed by atoms with Crippen LogP contribution in [-0.4, -0.2) is 47.1 Å². The maximum Gasteiger partial charge on any atom is 0.416 e. The Hall–Kier alpha value is -3.89. The van der Waals surface area contributed by atoms with Crippen molar-refractivity contribution in [3.05, 3.63) is 88.6 Å². The smallest absolute Gasteiger partial charge is 0.352 e. The van der Waals surface area contributed by atoms with Crippen LogP contribution in [-0.2, 0) is 17.5 Å². The minimum Gasteiger partial charge on any atom is -0.352 e. The van der Waals surface area contributed by atoms with Crippen LogP contribution in [0.25, 0.3) is 16.6 Å². The van der Waals surface area contributed by atoms with Crippen LogP contribution in [0.3, 0.4) is 0 Å². The molecule has 0 saturated carbocycles. The first-order chi connectivity index (χ1) is 18.0. The number of carbonyl (C=O) groups excluding carboxylic acids is 2. The molecular weight excluding hydrogens is 519 g/mol. The zero-order chi connectivity index (χ0) is 27.4. The van der Waals surface area contributed by atoms with Crippen LogP contribution in [0.2, 0.25) is 5.02 Å². The second kappa shape index (κ2) is 11.2. The topological polar surface area (TPSA) is 79.3 Å². The van der Waals surface area contributed by atoms with Crippen molar-refractivity contribution >= 4 is 40.0 Å². The minimum absolute atomic E-state index is 0.101. The molecule has 11 heteroatoms. The predicted octanol–water partition coefficient (Wildman–Crippen LogP) is 5.52. The Kier molecular flexibility index (Phi) is 8.03. The molecule has 0 spiro atoms. The highest BCUT2D eigenvalue weighted by Gasteiger charge is 2.30. The van der Waals surface area contributed by atoms with Crippen molar-refractivity contribution < 1.29 is 22.8 Å². The van der Waals surface area contributed by atoms with Gasteiger partial charge in [0.2, 0.25) is 5.91 Å². The standard InChI is InChI=1S/C27H25ClF3N5O2/c1-35(2)13-12-25(37)32-15-17-6-11-22(28)20(14-17)26(38)34-23-4-3-5-24-21(23)16-33-36(24)19-9-7-18(8-10-19)27(29,30)31/h3-11,14,16H,12-13,15H2,1-2H3,(H,32,37)(H,34,38). The van der Waals surface area contributed by atoms with Crippen molar-refractivity contribution in [3.8, 4) is 5.69 Å². The van der Waals surface area contributed by atoms with E-state index in [9.17, 15) is 22.8 Å². The molecule has 0 aliphatic carbocycles. The first-order valence-electron chi connectivity index (χ1n) is 11.7. The fourth-order valence-electron chi connectivity index (χ4n) is 3.82. The lowest BCUT2D eigenvalue weighted by Crippen LogP contribution is -2.27. The molecule has 2 amide bonds. The van der Waals surface area contributed by atoms with Gasteiger partial charge in [-0.1, -0.05) is 23.7 Å². The summed E-state index contributed by atoms with van der Waals surface area (Å²) in [5.41, 5.74) is 1.70. The van der Waals surface area contributed by atoms with Gasteiger partial charge in [0.1, 0.15) is 0 Å². The number of anilines is 1. The number of benzene rings is 3. The summed E-state index contributed by atoms with van der Waals surface area (Å²) in [5, 5.41) is 10.8. The molecule has 2 N–H and O–H groups in total. The summed E-state index contributed by atoms with van der Waals surface area (Å²) >= 11 is 6.30. The number of nitrogens with zero attached hydrogens (tertiary/aromatic N) is 3. The molecule has 3 aromatic carbocycles. The number of nitrogens with one attached hydrogen (secondary N) is 2. The zero-order valence-electron chi connectivity index (χ0n) is 20.6. The number of amides is 2. The Morgan fingerprint density at radius 2 is 1.79 bits per heavy atom. The van der Waals surface area contributed by atoms with Gasteiger partial charge in [0.15, 0.2) is 0 Å². The quantitative estimate of drug-likeness (QED) is 0.307. The number of aromatic nitrogens is 2. The van der Waals surface area contributed by atoms with Crippen molar-refractivity contribution in [2.45, 2.75) is 19.1 Å². The molecule has 198 valence electrons. The Bertz CT molecular complexity index is 1470. The van der Waals surface area contributed by atoms with E-state index in [1.54, 1.807) is 36.4 Å². The molecule has 4 rings (SSSR count). The molecule has 4 aromatic rings. The van der Waals surface area contributed by atoms with Gasteiger partial charge >= 0.3 is 6.18 Å². The van der Waals surface area contributed by atoms with Crippen LogP contribution >= 0.6 is 11.6 Å². The number of halogens is 4. The lowest BCUT2D eigenvalue weighted by atomic mass is 10.1. The number of fused-ring (bicyclic) bond motifs is 1. The van der Waals surface area contributed by atoms with Gasteiger partial charge in [0, 0.05) is 24.9 Å². The Balaban J connectivity index is 1.52. The van der Waals surface area contributed by atoms with Crippen LogP contribution in [0.5, 0.6) is 0 Å². The fraction of sp³-hybridized carbons (Fsp3) is 0.222. The summed E-state index contributed by atoms with van der Waals surface area (Å²) in [7, 11) is 3.77. The highest BCUT2D eigenvalue weighted by Crippen LogP contribution is 2.31. The lowest BCUT2D eigenvalue weighted by molar-refractivity contribution is -0.137. The van der Waals surface area contributed by atoms with E-state index in [2.05, 4.69) is 15.7 Å². The van der Waals surface area contributed by atoms with E-state index in [0.29, 0.717) is 40.8 Å². The van der Waals surface area contributed by atoms with Gasteiger partial charge in [-0.15, -0.1) is 0 Å². The normalized spacial score (nSPS) is 11.7. The van der Waals surface area contributed by atoms with Crippen LogP contribution in [0.4, 0.5) is 18.9 Å². The van der Waals surface area contributed by atoms with E-state index in [-0.39, 0.29) is 23.0 Å². The zero-order valence-corrected chi connectivity index (χ0v) is 21.4. The van der Waals surface area contributed by atoms with Gasteiger partial charge in [0.05, 0.1) is 39.2 Å². The molecule has 7 nitrogen and oxygen atoms in total.